The predicted octanol–water partition coefficient (Wildman–Crippen LogP) is 2.87. The molecule has 2 aromatic rings. The number of hydrogen-bond donors (Lipinski definition) is 1. The highest BCUT2D eigenvalue weighted by Gasteiger charge is 2.35. The Hall–Kier alpha value is -2.58. The van der Waals surface area contributed by atoms with Crippen LogP contribution in [0.2, 0.25) is 5.02 Å². The van der Waals surface area contributed by atoms with Gasteiger partial charge in [0.25, 0.3) is 0 Å². The van der Waals surface area contributed by atoms with Crippen molar-refractivity contribution in [2.75, 3.05) is 33.4 Å². The Morgan fingerprint density at radius 3 is 2.59 bits per heavy atom. The average Bonchev–Trinajstić information content (AvgIpc) is 3.26. The van der Waals surface area contributed by atoms with Crippen molar-refractivity contribution >= 4 is 50.5 Å². The summed E-state index contributed by atoms with van der Waals surface area (Å²) < 4.78 is 25.7. The van der Waals surface area contributed by atoms with Crippen LogP contribution in [0, 0.1) is 5.92 Å². The second-order valence-corrected chi connectivity index (χ2v) is 9.56. The number of halogens is 1. The number of rotatable bonds is 4. The molecule has 1 N–H and O–H groups in total. The quantitative estimate of drug-likeness (QED) is 0.803. The largest absolute Gasteiger partial charge is 0.326 e. The van der Waals surface area contributed by atoms with E-state index in [2.05, 4.69) is 5.32 Å². The maximum Gasteiger partial charge on any atom is 0.235 e. The molecule has 2 aliphatic rings. The van der Waals surface area contributed by atoms with E-state index in [1.807, 2.05) is 30.3 Å². The van der Waals surface area contributed by atoms with E-state index in [4.69, 9.17) is 11.6 Å². The molecule has 0 aliphatic carbocycles. The highest BCUT2D eigenvalue weighted by atomic mass is 35.5. The molecule has 1 atom stereocenters. The molecule has 0 unspecified atom stereocenters. The van der Waals surface area contributed by atoms with Crippen LogP contribution in [-0.2, 0) is 19.6 Å². The van der Waals surface area contributed by atoms with Gasteiger partial charge in [-0.2, -0.15) is 0 Å². The van der Waals surface area contributed by atoms with Gasteiger partial charge in [0.2, 0.25) is 21.8 Å². The van der Waals surface area contributed by atoms with E-state index in [1.165, 1.54) is 4.31 Å². The fourth-order valence-electron chi connectivity index (χ4n) is 3.68. The molecular weight excluding hydrogens is 414 g/mol. The lowest BCUT2D eigenvalue weighted by Gasteiger charge is -2.20. The van der Waals surface area contributed by atoms with Gasteiger partial charge >= 0.3 is 0 Å². The van der Waals surface area contributed by atoms with Gasteiger partial charge < -0.3 is 10.2 Å². The third-order valence-corrected chi connectivity index (χ3v) is 7.32. The molecule has 2 amide bonds. The maximum absolute atomic E-state index is 12.7. The van der Waals surface area contributed by atoms with Crippen LogP contribution in [-0.4, -0.2) is 39.1 Å². The SMILES string of the molecule is O=C(Nc1ccc(Cl)c(N2CCCS2(=O)=O)c1)[C@H]1CC(=O)N(c2ccccc2)C1. The smallest absolute Gasteiger partial charge is 0.235 e. The van der Waals surface area contributed by atoms with Crippen LogP contribution in [0.25, 0.3) is 0 Å². The van der Waals surface area contributed by atoms with Gasteiger partial charge in [-0.15, -0.1) is 0 Å². The van der Waals surface area contributed by atoms with Crippen LogP contribution in [0.4, 0.5) is 17.1 Å². The monoisotopic (exact) mass is 433 g/mol. The first kappa shape index (κ1) is 19.7. The number of hydrogen-bond acceptors (Lipinski definition) is 4. The number of carbonyl (C=O) groups is 2. The van der Waals surface area contributed by atoms with Gasteiger partial charge in [-0.1, -0.05) is 29.8 Å². The molecule has 2 heterocycles. The molecule has 0 bridgehead atoms. The first-order valence-corrected chi connectivity index (χ1v) is 11.3. The summed E-state index contributed by atoms with van der Waals surface area (Å²) in [5.41, 5.74) is 1.57. The Kier molecular flexibility index (Phi) is 5.23. The third kappa shape index (κ3) is 3.95. The second-order valence-electron chi connectivity index (χ2n) is 7.14. The van der Waals surface area contributed by atoms with Gasteiger partial charge in [-0.05, 0) is 36.8 Å². The number of amides is 2. The molecule has 0 spiro atoms. The first-order chi connectivity index (χ1) is 13.8. The summed E-state index contributed by atoms with van der Waals surface area (Å²) >= 11 is 6.20. The topological polar surface area (TPSA) is 86.8 Å². The number of nitrogens with one attached hydrogen (secondary N) is 1. The first-order valence-electron chi connectivity index (χ1n) is 9.31. The van der Waals surface area contributed by atoms with E-state index in [1.54, 1.807) is 23.1 Å². The van der Waals surface area contributed by atoms with Crippen molar-refractivity contribution < 1.29 is 18.0 Å². The number of para-hydroxylation sites is 1. The second kappa shape index (κ2) is 7.68. The van der Waals surface area contributed by atoms with Gasteiger partial charge in [0.05, 0.1) is 22.4 Å². The number of sulfonamides is 1. The Labute approximate surface area is 174 Å². The highest BCUT2D eigenvalue weighted by molar-refractivity contribution is 7.93. The zero-order valence-corrected chi connectivity index (χ0v) is 17.1. The fraction of sp³-hybridized carbons (Fsp3) is 0.300. The Balaban J connectivity index is 1.49. The molecular formula is C20H20ClN3O4S. The van der Waals surface area contributed by atoms with Crippen molar-refractivity contribution in [1.29, 1.82) is 0 Å². The van der Waals surface area contributed by atoms with Crippen LogP contribution < -0.4 is 14.5 Å². The average molecular weight is 434 g/mol. The van der Waals surface area contributed by atoms with Crippen LogP contribution in [0.1, 0.15) is 12.8 Å². The molecule has 2 aliphatic heterocycles. The van der Waals surface area contributed by atoms with Crippen LogP contribution in [0.5, 0.6) is 0 Å². The Bertz CT molecular complexity index is 1060. The molecule has 4 rings (SSSR count). The summed E-state index contributed by atoms with van der Waals surface area (Å²) in [4.78, 5) is 26.7. The molecule has 0 radical (unpaired) electrons. The van der Waals surface area contributed by atoms with E-state index < -0.39 is 15.9 Å². The van der Waals surface area contributed by atoms with E-state index >= 15 is 0 Å². The molecule has 0 aromatic heterocycles. The summed E-state index contributed by atoms with van der Waals surface area (Å²) in [5, 5.41) is 3.10. The van der Waals surface area contributed by atoms with Crippen LogP contribution >= 0.6 is 11.6 Å². The minimum absolute atomic E-state index is 0.0828. The molecule has 152 valence electrons. The summed E-state index contributed by atoms with van der Waals surface area (Å²) in [7, 11) is -3.38. The number of nitrogens with zero attached hydrogens (tertiary/aromatic N) is 2. The van der Waals surface area contributed by atoms with Crippen LogP contribution in [0.3, 0.4) is 0 Å². The lowest BCUT2D eigenvalue weighted by atomic mass is 10.1. The summed E-state index contributed by atoms with van der Waals surface area (Å²) in [5.74, 6) is -0.789. The Morgan fingerprint density at radius 2 is 1.90 bits per heavy atom. The molecule has 2 saturated heterocycles. The van der Waals surface area contributed by atoms with Crippen molar-refractivity contribution in [3.05, 3.63) is 53.6 Å². The molecule has 7 nitrogen and oxygen atoms in total. The lowest BCUT2D eigenvalue weighted by molar-refractivity contribution is -0.122. The van der Waals surface area contributed by atoms with Crippen molar-refractivity contribution in [3.8, 4) is 0 Å². The molecule has 9 heteroatoms. The van der Waals surface area contributed by atoms with Crippen molar-refractivity contribution in [2.45, 2.75) is 12.8 Å². The highest BCUT2D eigenvalue weighted by Crippen LogP contribution is 2.34. The van der Waals surface area contributed by atoms with Crippen molar-refractivity contribution in [2.24, 2.45) is 5.92 Å². The van der Waals surface area contributed by atoms with Crippen molar-refractivity contribution in [1.82, 2.24) is 0 Å². The standard InChI is InChI=1S/C20H20ClN3O4S/c21-17-8-7-15(12-18(17)24-9-4-10-29(24,27)28)22-20(26)14-11-19(25)23(13-14)16-5-2-1-3-6-16/h1-3,5-8,12,14H,4,9-11,13H2,(H,22,26)/t14-/m0/s1. The predicted molar refractivity (Wildman–Crippen MR) is 113 cm³/mol. The van der Waals surface area contributed by atoms with Gasteiger partial charge in [-0.25, -0.2) is 8.42 Å². The van der Waals surface area contributed by atoms with E-state index in [0.29, 0.717) is 35.9 Å². The van der Waals surface area contributed by atoms with E-state index in [9.17, 15) is 18.0 Å². The van der Waals surface area contributed by atoms with Crippen molar-refractivity contribution in [3.63, 3.8) is 0 Å². The number of carbonyl (C=O) groups excluding carboxylic acids is 2. The van der Waals surface area contributed by atoms with Gasteiger partial charge in [0, 0.05) is 30.9 Å². The zero-order chi connectivity index (χ0) is 20.6. The minimum atomic E-state index is -3.38. The molecule has 0 saturated carbocycles. The summed E-state index contributed by atoms with van der Waals surface area (Å²) in [6.45, 7) is 0.665. The van der Waals surface area contributed by atoms with Gasteiger partial charge in [0.1, 0.15) is 0 Å². The zero-order valence-electron chi connectivity index (χ0n) is 15.5. The summed E-state index contributed by atoms with van der Waals surface area (Å²) in [6, 6.07) is 14.0. The molecule has 29 heavy (non-hydrogen) atoms. The third-order valence-electron chi connectivity index (χ3n) is 5.15. The van der Waals surface area contributed by atoms with Crippen LogP contribution in [0.15, 0.2) is 48.5 Å². The van der Waals surface area contributed by atoms with Gasteiger partial charge in [0.15, 0.2) is 0 Å². The molecule has 2 fully saturated rings. The lowest BCUT2D eigenvalue weighted by Crippen LogP contribution is -2.28. The van der Waals surface area contributed by atoms with E-state index in [-0.39, 0.29) is 24.0 Å². The fourth-order valence-corrected chi connectivity index (χ4v) is 5.52. The summed E-state index contributed by atoms with van der Waals surface area (Å²) in [6.07, 6.45) is 0.663. The van der Waals surface area contributed by atoms with E-state index in [0.717, 1.165) is 5.69 Å². The maximum atomic E-state index is 12.7. The number of benzene rings is 2. The minimum Gasteiger partial charge on any atom is -0.326 e. The van der Waals surface area contributed by atoms with Gasteiger partial charge in [-0.3, -0.25) is 13.9 Å². The Morgan fingerprint density at radius 1 is 1.14 bits per heavy atom. The number of anilines is 3. The normalized spacial score (nSPS) is 20.9. The molecule has 2 aromatic carbocycles.